The van der Waals surface area contributed by atoms with Gasteiger partial charge in [0, 0.05) is 44.2 Å². The minimum atomic E-state index is -4.54. The third kappa shape index (κ3) is 6.34. The van der Waals surface area contributed by atoms with E-state index in [0.717, 1.165) is 17.0 Å². The van der Waals surface area contributed by atoms with Crippen LogP contribution in [0, 0.1) is 11.3 Å². The highest BCUT2D eigenvalue weighted by atomic mass is 19.4. The summed E-state index contributed by atoms with van der Waals surface area (Å²) in [7, 11) is 1.57. The van der Waals surface area contributed by atoms with Crippen LogP contribution in [0.3, 0.4) is 0 Å². The third-order valence-corrected chi connectivity index (χ3v) is 5.69. The zero-order valence-electron chi connectivity index (χ0n) is 19.0. The highest BCUT2D eigenvalue weighted by Crippen LogP contribution is 2.35. The van der Waals surface area contributed by atoms with Crippen LogP contribution in [-0.4, -0.2) is 66.0 Å². The average molecular weight is 499 g/mol. The number of aromatic nitrogens is 1. The number of hydrogen-bond donors (Lipinski definition) is 4. The molecule has 190 valence electrons. The van der Waals surface area contributed by atoms with Crippen molar-refractivity contribution in [1.82, 2.24) is 20.5 Å². The van der Waals surface area contributed by atoms with Gasteiger partial charge in [-0.1, -0.05) is 6.92 Å². The van der Waals surface area contributed by atoms with Crippen molar-refractivity contribution in [3.05, 3.63) is 47.9 Å². The van der Waals surface area contributed by atoms with Crippen LogP contribution in [0.15, 0.2) is 47.4 Å². The van der Waals surface area contributed by atoms with Gasteiger partial charge in [-0.2, -0.15) is 13.2 Å². The van der Waals surface area contributed by atoms with Gasteiger partial charge in [0.05, 0.1) is 18.2 Å². The van der Waals surface area contributed by atoms with E-state index in [2.05, 4.69) is 25.9 Å². The molecule has 35 heavy (non-hydrogen) atoms. The maximum atomic E-state index is 14.4. The lowest BCUT2D eigenvalue weighted by Crippen LogP contribution is -2.59. The van der Waals surface area contributed by atoms with E-state index < -0.39 is 60.4 Å². The van der Waals surface area contributed by atoms with Gasteiger partial charge in [0.25, 0.3) is 11.8 Å². The van der Waals surface area contributed by atoms with Crippen molar-refractivity contribution in [2.75, 3.05) is 25.5 Å². The van der Waals surface area contributed by atoms with Crippen LogP contribution in [0.5, 0.6) is 0 Å². The molecular formula is C22H26F5N7O. The molecule has 0 spiro atoms. The number of likely N-dealkylation sites (tertiary alicyclic amines) is 1. The van der Waals surface area contributed by atoms with Crippen LogP contribution in [0.25, 0.3) is 0 Å². The van der Waals surface area contributed by atoms with Crippen molar-refractivity contribution in [3.63, 3.8) is 0 Å². The number of rotatable bonds is 7. The lowest BCUT2D eigenvalue weighted by Gasteiger charge is -2.43. The second-order valence-electron chi connectivity index (χ2n) is 8.34. The number of carbonyl (C=O) groups is 1. The molecule has 8 nitrogen and oxygen atoms in total. The van der Waals surface area contributed by atoms with Crippen molar-refractivity contribution < 1.29 is 26.7 Å². The summed E-state index contributed by atoms with van der Waals surface area (Å²) in [5.74, 6) is -4.62. The number of allylic oxidation sites excluding steroid dienone is 1. The summed E-state index contributed by atoms with van der Waals surface area (Å²) in [6.07, 6.45) is 1.00. The Morgan fingerprint density at radius 1 is 1.37 bits per heavy atom. The second-order valence-corrected chi connectivity index (χ2v) is 8.34. The number of nitrogens with zero attached hydrogens (tertiary/aromatic N) is 3. The van der Waals surface area contributed by atoms with Gasteiger partial charge in [0.1, 0.15) is 17.7 Å². The molecule has 2 aliphatic rings. The minimum absolute atomic E-state index is 0.0394. The van der Waals surface area contributed by atoms with Crippen molar-refractivity contribution in [3.8, 4) is 0 Å². The Labute approximate surface area is 198 Å². The standard InChI is InChI=1S/C22H26F5N7O/c1-13-8-21(23,24)12-34(16(13)11-33-17-5-4-14(9-32-17)22(25,26)27)20(35)18(28)15(10-29-2)19-30-6-3-7-31-19/h3-7,9-10,13,16,19,28-30H,8,11-12H2,1-2H3,(H,32,33)/b15-10+,28-18?/t13?,16-,19?/m1/s1. The predicted octanol–water partition coefficient (Wildman–Crippen LogP) is 3.02. The molecule has 0 saturated carbocycles. The highest BCUT2D eigenvalue weighted by Gasteiger charge is 2.47. The van der Waals surface area contributed by atoms with Crippen LogP contribution in [0.2, 0.25) is 0 Å². The number of halogens is 5. The fraction of sp³-hybridized carbons (Fsp3) is 0.455. The van der Waals surface area contributed by atoms with Gasteiger partial charge in [0.15, 0.2) is 0 Å². The molecule has 13 heteroatoms. The quantitative estimate of drug-likeness (QED) is 0.341. The van der Waals surface area contributed by atoms with Gasteiger partial charge in [-0.25, -0.2) is 13.8 Å². The summed E-state index contributed by atoms with van der Waals surface area (Å²) < 4.78 is 67.2. The van der Waals surface area contributed by atoms with E-state index in [-0.39, 0.29) is 17.9 Å². The Morgan fingerprint density at radius 3 is 2.69 bits per heavy atom. The molecule has 3 rings (SSSR count). The lowest BCUT2D eigenvalue weighted by molar-refractivity contribution is -0.145. The number of carbonyl (C=O) groups excluding carboxylic acids is 1. The van der Waals surface area contributed by atoms with E-state index in [0.29, 0.717) is 6.20 Å². The SMILES string of the molecule is CN/C=C(\C(=N)C(=O)N1CC(F)(F)CC(C)[C@H]1CNc1ccc(C(F)(F)F)cn1)C1N=CC=CN1. The summed E-state index contributed by atoms with van der Waals surface area (Å²) in [5, 5.41) is 16.9. The molecule has 1 saturated heterocycles. The van der Waals surface area contributed by atoms with Crippen molar-refractivity contribution in [2.24, 2.45) is 10.9 Å². The zero-order chi connectivity index (χ0) is 25.8. The van der Waals surface area contributed by atoms with Crippen LogP contribution < -0.4 is 16.0 Å². The van der Waals surface area contributed by atoms with Gasteiger partial charge < -0.3 is 20.9 Å². The predicted molar refractivity (Wildman–Crippen MR) is 121 cm³/mol. The molecule has 1 amide bonds. The summed E-state index contributed by atoms with van der Waals surface area (Å²) in [6.45, 7) is 0.632. The van der Waals surface area contributed by atoms with Gasteiger partial charge in [0.2, 0.25) is 0 Å². The molecular weight excluding hydrogens is 473 g/mol. The average Bonchev–Trinajstić information content (AvgIpc) is 2.80. The van der Waals surface area contributed by atoms with Crippen LogP contribution >= 0.6 is 0 Å². The number of aliphatic imine (C=N–C) groups is 1. The van der Waals surface area contributed by atoms with Crippen LogP contribution in [-0.2, 0) is 11.0 Å². The Bertz CT molecular complexity index is 1020. The maximum Gasteiger partial charge on any atom is 0.417 e. The summed E-state index contributed by atoms with van der Waals surface area (Å²) in [6, 6.07) is 1.23. The molecule has 1 aromatic rings. The third-order valence-electron chi connectivity index (χ3n) is 5.69. The van der Waals surface area contributed by atoms with Gasteiger partial charge >= 0.3 is 6.18 Å². The smallest absolute Gasteiger partial charge is 0.394 e. The normalized spacial score (nSPS) is 24.0. The monoisotopic (exact) mass is 499 g/mol. The number of pyridine rings is 1. The van der Waals surface area contributed by atoms with Gasteiger partial charge in [-0.05, 0) is 30.3 Å². The van der Waals surface area contributed by atoms with E-state index in [1.807, 2.05) is 0 Å². The summed E-state index contributed by atoms with van der Waals surface area (Å²) >= 11 is 0. The first kappa shape index (κ1) is 26.1. The van der Waals surface area contributed by atoms with Gasteiger partial charge in [-0.15, -0.1) is 0 Å². The second kappa shape index (κ2) is 10.4. The molecule has 3 atom stereocenters. The Morgan fingerprint density at radius 2 is 2.11 bits per heavy atom. The van der Waals surface area contributed by atoms with Crippen LogP contribution in [0.1, 0.15) is 18.9 Å². The number of piperidine rings is 1. The fourth-order valence-corrected chi connectivity index (χ4v) is 4.00. The molecule has 0 aromatic carbocycles. The number of amides is 1. The summed E-state index contributed by atoms with van der Waals surface area (Å²) in [5.41, 5.74) is -1.26. The van der Waals surface area contributed by atoms with E-state index in [1.165, 1.54) is 12.4 Å². The van der Waals surface area contributed by atoms with Gasteiger partial charge in [-0.3, -0.25) is 15.2 Å². The Kier molecular flexibility index (Phi) is 7.76. The molecule has 1 fully saturated rings. The molecule has 4 N–H and O–H groups in total. The summed E-state index contributed by atoms with van der Waals surface area (Å²) in [4.78, 5) is 22.1. The first-order valence-electron chi connectivity index (χ1n) is 10.8. The molecule has 3 heterocycles. The number of hydrogen-bond acceptors (Lipinski definition) is 7. The van der Waals surface area contributed by atoms with E-state index >= 15 is 0 Å². The highest BCUT2D eigenvalue weighted by molar-refractivity contribution is 6.44. The molecule has 0 aliphatic carbocycles. The number of anilines is 1. The molecule has 0 bridgehead atoms. The topological polar surface area (TPSA) is 106 Å². The first-order chi connectivity index (χ1) is 16.4. The van der Waals surface area contributed by atoms with E-state index in [9.17, 15) is 26.7 Å². The van der Waals surface area contributed by atoms with Crippen molar-refractivity contribution >= 4 is 23.7 Å². The maximum absolute atomic E-state index is 14.4. The van der Waals surface area contributed by atoms with E-state index in [4.69, 9.17) is 5.41 Å². The number of nitrogens with one attached hydrogen (secondary N) is 4. The largest absolute Gasteiger partial charge is 0.417 e. The zero-order valence-corrected chi connectivity index (χ0v) is 19.0. The molecule has 2 unspecified atom stereocenters. The Hall–Kier alpha value is -3.51. The fourth-order valence-electron chi connectivity index (χ4n) is 4.00. The number of alkyl halides is 5. The Balaban J connectivity index is 1.80. The first-order valence-corrected chi connectivity index (χ1v) is 10.8. The van der Waals surface area contributed by atoms with Crippen molar-refractivity contribution in [1.29, 1.82) is 5.41 Å². The minimum Gasteiger partial charge on any atom is -0.394 e. The molecule has 0 radical (unpaired) electrons. The lowest BCUT2D eigenvalue weighted by atomic mass is 9.87. The van der Waals surface area contributed by atoms with E-state index in [1.54, 1.807) is 26.2 Å². The van der Waals surface area contributed by atoms with Crippen LogP contribution in [0.4, 0.5) is 27.8 Å². The van der Waals surface area contributed by atoms with Crippen molar-refractivity contribution in [2.45, 2.75) is 37.7 Å². The molecule has 2 aliphatic heterocycles. The molecule has 1 aromatic heterocycles.